The highest BCUT2D eigenvalue weighted by atomic mass is 16.5. The van der Waals surface area contributed by atoms with E-state index in [4.69, 9.17) is 15.9 Å². The zero-order valence-corrected chi connectivity index (χ0v) is 18.9. The summed E-state index contributed by atoms with van der Waals surface area (Å²) >= 11 is 0. The number of nitrogens with zero attached hydrogens (tertiary/aromatic N) is 1. The van der Waals surface area contributed by atoms with Gasteiger partial charge in [-0.05, 0) is 60.2 Å². The van der Waals surface area contributed by atoms with E-state index >= 15 is 0 Å². The van der Waals surface area contributed by atoms with E-state index < -0.39 is 0 Å². The number of carbonyl (C=O) groups excluding carboxylic acids is 1. The third-order valence-electron chi connectivity index (χ3n) is 6.35. The van der Waals surface area contributed by atoms with Crippen molar-refractivity contribution in [1.82, 2.24) is 4.90 Å². The van der Waals surface area contributed by atoms with Crippen molar-refractivity contribution in [3.63, 3.8) is 0 Å². The number of amides is 1. The van der Waals surface area contributed by atoms with E-state index in [2.05, 4.69) is 30.8 Å². The maximum atomic E-state index is 13.0. The summed E-state index contributed by atoms with van der Waals surface area (Å²) in [6.07, 6.45) is 5.23. The van der Waals surface area contributed by atoms with Crippen molar-refractivity contribution in [3.05, 3.63) is 90.5 Å². The van der Waals surface area contributed by atoms with Crippen LogP contribution in [0.1, 0.15) is 30.4 Å². The molecule has 1 amide bonds. The van der Waals surface area contributed by atoms with Gasteiger partial charge in [-0.3, -0.25) is 10.2 Å². The summed E-state index contributed by atoms with van der Waals surface area (Å²) < 4.78 is 6.16. The minimum absolute atomic E-state index is 0.00516. The molecule has 1 heterocycles. The number of benzene rings is 3. The molecule has 0 spiro atoms. The average molecular weight is 442 g/mol. The van der Waals surface area contributed by atoms with Crippen LogP contribution in [0.2, 0.25) is 0 Å². The molecule has 3 N–H and O–H groups in total. The monoisotopic (exact) mass is 441 g/mol. The highest BCUT2D eigenvalue weighted by Crippen LogP contribution is 2.29. The number of allylic oxidation sites excluding steroid dienone is 1. The lowest BCUT2D eigenvalue weighted by Crippen LogP contribution is -2.38. The van der Waals surface area contributed by atoms with E-state index in [9.17, 15) is 4.79 Å². The molecule has 1 fully saturated rings. The number of nitrogens with one attached hydrogen (secondary N) is 1. The van der Waals surface area contributed by atoms with Crippen LogP contribution in [0.3, 0.4) is 0 Å². The molecule has 0 aromatic heterocycles. The Bertz CT molecular complexity index is 1140. The standard InChI is InChI=1S/C28H31N3O2/c1-2-7-24-17-25(31(28(24)32)15-6-10-20-8-4-3-5-9-20)19-33-26-14-13-21-16-23(27(29)30)12-11-22(21)18-26/h2-5,8-9,11-14,16,18,24-25H,1,6-7,10,15,17,19H2,(H3,29,30)/t24-,25+/m1/s1. The van der Waals surface area contributed by atoms with Gasteiger partial charge in [0.1, 0.15) is 18.2 Å². The summed E-state index contributed by atoms with van der Waals surface area (Å²) in [6.45, 7) is 5.04. The average Bonchev–Trinajstić information content (AvgIpc) is 3.12. The Morgan fingerprint density at radius 2 is 1.88 bits per heavy atom. The Balaban J connectivity index is 1.41. The van der Waals surface area contributed by atoms with Gasteiger partial charge in [-0.25, -0.2) is 0 Å². The topological polar surface area (TPSA) is 79.4 Å². The number of hydrogen-bond acceptors (Lipinski definition) is 3. The molecular weight excluding hydrogens is 410 g/mol. The lowest BCUT2D eigenvalue weighted by molar-refractivity contribution is -0.132. The molecule has 0 saturated carbocycles. The molecule has 4 rings (SSSR count). The van der Waals surface area contributed by atoms with Crippen molar-refractivity contribution in [2.45, 2.75) is 31.7 Å². The number of carbonyl (C=O) groups is 1. The van der Waals surface area contributed by atoms with E-state index in [1.807, 2.05) is 53.4 Å². The van der Waals surface area contributed by atoms with Gasteiger partial charge in [0, 0.05) is 18.0 Å². The Morgan fingerprint density at radius 1 is 1.12 bits per heavy atom. The van der Waals surface area contributed by atoms with Crippen LogP contribution >= 0.6 is 0 Å². The van der Waals surface area contributed by atoms with Crippen LogP contribution in [0, 0.1) is 11.3 Å². The first-order valence-corrected chi connectivity index (χ1v) is 11.5. The number of amidine groups is 1. The van der Waals surface area contributed by atoms with Gasteiger partial charge in [-0.1, -0.05) is 54.6 Å². The molecule has 1 aliphatic heterocycles. The third kappa shape index (κ3) is 5.43. The second-order valence-electron chi connectivity index (χ2n) is 8.68. The first kappa shape index (κ1) is 22.6. The molecule has 5 heteroatoms. The molecule has 1 aliphatic rings. The van der Waals surface area contributed by atoms with Crippen LogP contribution in [0.5, 0.6) is 5.75 Å². The minimum Gasteiger partial charge on any atom is -0.491 e. The van der Waals surface area contributed by atoms with Gasteiger partial charge >= 0.3 is 0 Å². The number of nitrogen functional groups attached to an aromatic ring is 1. The quantitative estimate of drug-likeness (QED) is 0.266. The Hall–Kier alpha value is -3.60. The number of likely N-dealkylation sites (tertiary alicyclic amines) is 1. The van der Waals surface area contributed by atoms with Crippen molar-refractivity contribution >= 4 is 22.5 Å². The van der Waals surface area contributed by atoms with Crippen molar-refractivity contribution in [2.75, 3.05) is 13.2 Å². The zero-order valence-electron chi connectivity index (χ0n) is 18.9. The number of hydrogen-bond donors (Lipinski definition) is 2. The van der Waals surface area contributed by atoms with Gasteiger partial charge in [0.2, 0.25) is 5.91 Å². The van der Waals surface area contributed by atoms with E-state index in [1.54, 1.807) is 0 Å². The van der Waals surface area contributed by atoms with Gasteiger partial charge in [-0.15, -0.1) is 6.58 Å². The molecule has 3 aromatic carbocycles. The van der Waals surface area contributed by atoms with Crippen molar-refractivity contribution < 1.29 is 9.53 Å². The second-order valence-corrected chi connectivity index (χ2v) is 8.68. The summed E-state index contributed by atoms with van der Waals surface area (Å²) in [5.74, 6) is 1.05. The molecular formula is C28H31N3O2. The predicted molar refractivity (Wildman–Crippen MR) is 134 cm³/mol. The van der Waals surface area contributed by atoms with Crippen LogP contribution in [0.25, 0.3) is 10.8 Å². The van der Waals surface area contributed by atoms with Gasteiger partial charge in [0.05, 0.1) is 6.04 Å². The fraction of sp³-hybridized carbons (Fsp3) is 0.286. The SMILES string of the molecule is C=CC[C@@H]1C[C@@H](COc2ccc3cc(C(=N)N)ccc3c2)N(CCCc2ccccc2)C1=O. The Kier molecular flexibility index (Phi) is 7.08. The molecule has 2 atom stereocenters. The second kappa shape index (κ2) is 10.3. The summed E-state index contributed by atoms with van der Waals surface area (Å²) in [5.41, 5.74) is 7.60. The first-order valence-electron chi connectivity index (χ1n) is 11.5. The Morgan fingerprint density at radius 3 is 2.64 bits per heavy atom. The molecule has 1 saturated heterocycles. The third-order valence-corrected chi connectivity index (χ3v) is 6.35. The van der Waals surface area contributed by atoms with Gasteiger partial charge in [0.15, 0.2) is 0 Å². The maximum absolute atomic E-state index is 13.0. The molecule has 170 valence electrons. The number of aryl methyl sites for hydroxylation is 1. The summed E-state index contributed by atoms with van der Waals surface area (Å²) in [5, 5.41) is 9.65. The van der Waals surface area contributed by atoms with Crippen LogP contribution in [0.4, 0.5) is 0 Å². The summed E-state index contributed by atoms with van der Waals surface area (Å²) in [4.78, 5) is 15.0. The van der Waals surface area contributed by atoms with Gasteiger partial charge in [-0.2, -0.15) is 0 Å². The molecule has 0 radical (unpaired) electrons. The van der Waals surface area contributed by atoms with Crippen LogP contribution in [0.15, 0.2) is 79.4 Å². The largest absolute Gasteiger partial charge is 0.491 e. The fourth-order valence-electron chi connectivity index (χ4n) is 4.59. The molecule has 5 nitrogen and oxygen atoms in total. The number of ether oxygens (including phenoxy) is 1. The lowest BCUT2D eigenvalue weighted by atomic mass is 10.0. The number of nitrogens with two attached hydrogens (primary N) is 1. The van der Waals surface area contributed by atoms with E-state index in [-0.39, 0.29) is 23.7 Å². The normalized spacial score (nSPS) is 17.9. The molecule has 33 heavy (non-hydrogen) atoms. The van der Waals surface area contributed by atoms with E-state index in [0.29, 0.717) is 18.6 Å². The van der Waals surface area contributed by atoms with E-state index in [1.165, 1.54) is 5.56 Å². The fourth-order valence-corrected chi connectivity index (χ4v) is 4.59. The minimum atomic E-state index is -0.00516. The zero-order chi connectivity index (χ0) is 23.2. The van der Waals surface area contributed by atoms with Crippen LogP contribution < -0.4 is 10.5 Å². The molecule has 3 aromatic rings. The summed E-state index contributed by atoms with van der Waals surface area (Å²) in [6, 6.07) is 22.1. The highest BCUT2D eigenvalue weighted by Gasteiger charge is 2.38. The number of fused-ring (bicyclic) bond motifs is 1. The molecule has 0 bridgehead atoms. The van der Waals surface area contributed by atoms with Gasteiger partial charge in [0.25, 0.3) is 0 Å². The van der Waals surface area contributed by atoms with Crippen molar-refractivity contribution in [1.29, 1.82) is 5.41 Å². The van der Waals surface area contributed by atoms with E-state index in [0.717, 1.165) is 42.3 Å². The van der Waals surface area contributed by atoms with Crippen LogP contribution in [-0.4, -0.2) is 35.8 Å². The molecule has 0 unspecified atom stereocenters. The lowest BCUT2D eigenvalue weighted by Gasteiger charge is -2.25. The number of rotatable bonds is 10. The van der Waals surface area contributed by atoms with Crippen molar-refractivity contribution in [2.24, 2.45) is 11.7 Å². The van der Waals surface area contributed by atoms with Gasteiger partial charge < -0.3 is 15.4 Å². The smallest absolute Gasteiger partial charge is 0.226 e. The first-order chi connectivity index (χ1) is 16.0. The maximum Gasteiger partial charge on any atom is 0.226 e. The summed E-state index contributed by atoms with van der Waals surface area (Å²) in [7, 11) is 0. The van der Waals surface area contributed by atoms with Crippen molar-refractivity contribution in [3.8, 4) is 5.75 Å². The highest BCUT2D eigenvalue weighted by molar-refractivity contribution is 5.99. The molecule has 0 aliphatic carbocycles. The van der Waals surface area contributed by atoms with Crippen LogP contribution in [-0.2, 0) is 11.2 Å². The predicted octanol–water partition coefficient (Wildman–Crippen LogP) is 4.93. The Labute approximate surface area is 195 Å².